The van der Waals surface area contributed by atoms with E-state index in [4.69, 9.17) is 4.74 Å². The van der Waals surface area contributed by atoms with Gasteiger partial charge >= 0.3 is 0 Å². The zero-order chi connectivity index (χ0) is 13.9. The molecule has 1 aromatic rings. The number of carbonyl (C=O) groups excluding carboxylic acids is 1. The summed E-state index contributed by atoms with van der Waals surface area (Å²) in [6.07, 6.45) is 0.503. The zero-order valence-corrected chi connectivity index (χ0v) is 12.3. The Morgan fingerprint density at radius 1 is 1.11 bits per heavy atom. The van der Waals surface area contributed by atoms with Crippen molar-refractivity contribution in [2.45, 2.75) is 52.9 Å². The first-order chi connectivity index (χ1) is 8.36. The van der Waals surface area contributed by atoms with Gasteiger partial charge in [0.15, 0.2) is 0 Å². The van der Waals surface area contributed by atoms with Gasteiger partial charge in [0, 0.05) is 6.42 Å². The number of ether oxygens (including phenoxy) is 1. The summed E-state index contributed by atoms with van der Waals surface area (Å²) in [5.74, 6) is 1.96. The number of hydrogen-bond donors (Lipinski definition) is 0. The number of hydrogen-bond acceptors (Lipinski definition) is 2. The molecule has 0 saturated heterocycles. The summed E-state index contributed by atoms with van der Waals surface area (Å²) in [4.78, 5) is 11.3. The maximum Gasteiger partial charge on any atom is 0.134 e. The van der Waals surface area contributed by atoms with E-state index in [0.29, 0.717) is 18.3 Å². The minimum atomic E-state index is 0.199. The fourth-order valence-corrected chi connectivity index (χ4v) is 2.22. The van der Waals surface area contributed by atoms with E-state index in [1.807, 2.05) is 0 Å². The highest BCUT2D eigenvalue weighted by Crippen LogP contribution is 2.35. The second-order valence-electron chi connectivity index (χ2n) is 5.50. The molecule has 2 nitrogen and oxygen atoms in total. The van der Waals surface area contributed by atoms with Gasteiger partial charge < -0.3 is 4.74 Å². The van der Waals surface area contributed by atoms with Gasteiger partial charge in [-0.3, -0.25) is 4.79 Å². The van der Waals surface area contributed by atoms with Crippen molar-refractivity contribution in [3.63, 3.8) is 0 Å². The maximum atomic E-state index is 11.3. The van der Waals surface area contributed by atoms with Crippen molar-refractivity contribution >= 4 is 5.78 Å². The number of methoxy groups -OCH3 is 1. The first kappa shape index (κ1) is 14.7. The summed E-state index contributed by atoms with van der Waals surface area (Å²) in [5.41, 5.74) is 3.48. The normalized spacial score (nSPS) is 11.1. The van der Waals surface area contributed by atoms with Gasteiger partial charge in [-0.1, -0.05) is 39.8 Å². The molecule has 0 atom stereocenters. The molecule has 0 aliphatic heterocycles. The van der Waals surface area contributed by atoms with Crippen molar-refractivity contribution in [2.24, 2.45) is 0 Å². The first-order valence-electron chi connectivity index (χ1n) is 6.57. The van der Waals surface area contributed by atoms with E-state index in [1.54, 1.807) is 14.0 Å². The van der Waals surface area contributed by atoms with Crippen LogP contribution in [0.1, 0.15) is 63.1 Å². The largest absolute Gasteiger partial charge is 0.496 e. The number of rotatable bonds is 5. The highest BCUT2D eigenvalue weighted by Gasteiger charge is 2.16. The molecule has 0 aromatic heterocycles. The zero-order valence-electron chi connectivity index (χ0n) is 12.3. The van der Waals surface area contributed by atoms with Crippen LogP contribution in [0.15, 0.2) is 12.1 Å². The van der Waals surface area contributed by atoms with Crippen molar-refractivity contribution < 1.29 is 9.53 Å². The van der Waals surface area contributed by atoms with Gasteiger partial charge in [-0.05, 0) is 35.4 Å². The lowest BCUT2D eigenvalue weighted by atomic mass is 9.90. The first-order valence-corrected chi connectivity index (χ1v) is 6.57. The SMILES string of the molecule is COc1c(C(C)C)cc(CC(C)=O)cc1C(C)C. The molecule has 18 heavy (non-hydrogen) atoms. The third-order valence-corrected chi connectivity index (χ3v) is 3.11. The third kappa shape index (κ3) is 3.34. The van der Waals surface area contributed by atoms with Crippen molar-refractivity contribution in [3.05, 3.63) is 28.8 Å². The van der Waals surface area contributed by atoms with Crippen LogP contribution in [0.5, 0.6) is 5.75 Å². The molecule has 0 radical (unpaired) electrons. The van der Waals surface area contributed by atoms with Crippen LogP contribution in [0.4, 0.5) is 0 Å². The third-order valence-electron chi connectivity index (χ3n) is 3.11. The van der Waals surface area contributed by atoms with E-state index in [-0.39, 0.29) is 5.78 Å². The second kappa shape index (κ2) is 6.03. The fraction of sp³-hybridized carbons (Fsp3) is 0.562. The average Bonchev–Trinajstić information content (AvgIpc) is 2.26. The van der Waals surface area contributed by atoms with Crippen molar-refractivity contribution in [3.8, 4) is 5.75 Å². The Hall–Kier alpha value is -1.31. The van der Waals surface area contributed by atoms with Gasteiger partial charge in [0.25, 0.3) is 0 Å². The molecule has 0 heterocycles. The maximum absolute atomic E-state index is 11.3. The molecule has 1 aromatic carbocycles. The highest BCUT2D eigenvalue weighted by atomic mass is 16.5. The Bertz CT molecular complexity index is 402. The van der Waals surface area contributed by atoms with Gasteiger partial charge in [0.05, 0.1) is 7.11 Å². The van der Waals surface area contributed by atoms with Crippen LogP contribution in [-0.2, 0) is 11.2 Å². The average molecular weight is 248 g/mol. The van der Waals surface area contributed by atoms with Gasteiger partial charge in [0.2, 0.25) is 0 Å². The Labute approximate surface area is 110 Å². The van der Waals surface area contributed by atoms with Crippen LogP contribution in [-0.4, -0.2) is 12.9 Å². The van der Waals surface area contributed by atoms with Crippen LogP contribution in [0, 0.1) is 0 Å². The van der Waals surface area contributed by atoms with Crippen molar-refractivity contribution in [2.75, 3.05) is 7.11 Å². The van der Waals surface area contributed by atoms with Gasteiger partial charge in [-0.2, -0.15) is 0 Å². The molecule has 0 aliphatic rings. The topological polar surface area (TPSA) is 26.3 Å². The van der Waals surface area contributed by atoms with Crippen molar-refractivity contribution in [1.82, 2.24) is 0 Å². The van der Waals surface area contributed by atoms with Crippen LogP contribution in [0.3, 0.4) is 0 Å². The Kier molecular flexibility index (Phi) is 4.94. The van der Waals surface area contributed by atoms with E-state index in [0.717, 1.165) is 11.3 Å². The molecule has 100 valence electrons. The molecule has 1 rings (SSSR count). The number of Topliss-reactive ketones (excluding diaryl/α,β-unsaturated/α-hetero) is 1. The Morgan fingerprint density at radius 3 is 1.83 bits per heavy atom. The van der Waals surface area contributed by atoms with Gasteiger partial charge in [-0.25, -0.2) is 0 Å². The smallest absolute Gasteiger partial charge is 0.134 e. The summed E-state index contributed by atoms with van der Waals surface area (Å²) in [6, 6.07) is 4.22. The molecule has 2 heteroatoms. The molecule has 0 fully saturated rings. The van der Waals surface area contributed by atoms with E-state index >= 15 is 0 Å². The molecule has 0 amide bonds. The number of benzene rings is 1. The Morgan fingerprint density at radius 2 is 1.56 bits per heavy atom. The van der Waals surface area contributed by atoms with E-state index in [1.165, 1.54) is 11.1 Å². The van der Waals surface area contributed by atoms with E-state index < -0.39 is 0 Å². The minimum Gasteiger partial charge on any atom is -0.496 e. The van der Waals surface area contributed by atoms with Crippen molar-refractivity contribution in [1.29, 1.82) is 0 Å². The summed E-state index contributed by atoms with van der Waals surface area (Å²) in [7, 11) is 1.72. The molecule has 0 spiro atoms. The molecule has 0 N–H and O–H groups in total. The molecule has 0 bridgehead atoms. The van der Waals surface area contributed by atoms with E-state index in [2.05, 4.69) is 39.8 Å². The van der Waals surface area contributed by atoms with Gasteiger partial charge in [-0.15, -0.1) is 0 Å². The number of ketones is 1. The minimum absolute atomic E-state index is 0.199. The molecular weight excluding hydrogens is 224 g/mol. The molecule has 0 aliphatic carbocycles. The Balaban J connectivity index is 3.38. The molecule has 0 unspecified atom stereocenters. The monoisotopic (exact) mass is 248 g/mol. The number of carbonyl (C=O) groups is 1. The summed E-state index contributed by atoms with van der Waals surface area (Å²) in [5, 5.41) is 0. The molecular formula is C16H24O2. The summed E-state index contributed by atoms with van der Waals surface area (Å²) in [6.45, 7) is 10.2. The standard InChI is InChI=1S/C16H24O2/c1-10(2)14-8-13(7-12(5)17)9-15(11(3)4)16(14)18-6/h8-11H,7H2,1-6H3. The van der Waals surface area contributed by atoms with Crippen LogP contribution >= 0.6 is 0 Å². The van der Waals surface area contributed by atoms with Crippen LogP contribution in [0.2, 0.25) is 0 Å². The summed E-state index contributed by atoms with van der Waals surface area (Å²) >= 11 is 0. The molecule has 0 saturated carbocycles. The predicted molar refractivity (Wildman–Crippen MR) is 75.6 cm³/mol. The van der Waals surface area contributed by atoms with Crippen LogP contribution < -0.4 is 4.74 Å². The fourth-order valence-electron chi connectivity index (χ4n) is 2.22. The lowest BCUT2D eigenvalue weighted by Gasteiger charge is -2.20. The lowest BCUT2D eigenvalue weighted by molar-refractivity contribution is -0.116. The quantitative estimate of drug-likeness (QED) is 0.785. The predicted octanol–water partition coefficient (Wildman–Crippen LogP) is 4.07. The van der Waals surface area contributed by atoms with Gasteiger partial charge in [0.1, 0.15) is 11.5 Å². The lowest BCUT2D eigenvalue weighted by Crippen LogP contribution is -2.05. The van der Waals surface area contributed by atoms with E-state index in [9.17, 15) is 4.79 Å². The highest BCUT2D eigenvalue weighted by molar-refractivity contribution is 5.78. The summed E-state index contributed by atoms with van der Waals surface area (Å²) < 4.78 is 5.57. The van der Waals surface area contributed by atoms with Crippen LogP contribution in [0.25, 0.3) is 0 Å². The second-order valence-corrected chi connectivity index (χ2v) is 5.50.